The van der Waals surface area contributed by atoms with Gasteiger partial charge in [-0.1, -0.05) is 30.3 Å². The number of thiazole rings is 1. The number of rotatable bonds is 8. The van der Waals surface area contributed by atoms with Crippen LogP contribution in [0.4, 0.5) is 4.79 Å². The molecule has 0 aliphatic rings. The second-order valence-electron chi connectivity index (χ2n) is 5.99. The van der Waals surface area contributed by atoms with Gasteiger partial charge in [-0.25, -0.2) is 9.78 Å². The van der Waals surface area contributed by atoms with Crippen molar-refractivity contribution >= 4 is 23.3 Å². The first-order chi connectivity index (χ1) is 12.0. The average Bonchev–Trinajstić information content (AvgIpc) is 2.98. The van der Waals surface area contributed by atoms with Crippen molar-refractivity contribution in [2.45, 2.75) is 38.8 Å². The van der Waals surface area contributed by atoms with Crippen molar-refractivity contribution in [3.63, 3.8) is 0 Å². The molecule has 25 heavy (non-hydrogen) atoms. The molecule has 0 saturated heterocycles. The van der Waals surface area contributed by atoms with E-state index in [2.05, 4.69) is 10.3 Å². The Balaban J connectivity index is 1.97. The summed E-state index contributed by atoms with van der Waals surface area (Å²) in [6, 6.07) is 9.32. The quantitative estimate of drug-likeness (QED) is 0.757. The fraction of sp³-hybridized carbons (Fsp3) is 0.389. The van der Waals surface area contributed by atoms with Gasteiger partial charge in [-0.05, 0) is 25.3 Å². The first-order valence-electron chi connectivity index (χ1n) is 8.12. The zero-order valence-electron chi connectivity index (χ0n) is 14.4. The van der Waals surface area contributed by atoms with E-state index in [0.29, 0.717) is 19.4 Å². The third kappa shape index (κ3) is 6.19. The van der Waals surface area contributed by atoms with Gasteiger partial charge in [-0.15, -0.1) is 11.3 Å². The molecule has 0 spiro atoms. The fourth-order valence-corrected chi connectivity index (χ4v) is 3.30. The Morgan fingerprint density at radius 3 is 2.64 bits per heavy atom. The van der Waals surface area contributed by atoms with Crippen molar-refractivity contribution in [2.24, 2.45) is 0 Å². The van der Waals surface area contributed by atoms with E-state index in [1.807, 2.05) is 37.3 Å². The normalized spacial score (nSPS) is 11.8. The molecule has 1 atom stereocenters. The molecule has 2 N–H and O–H groups in total. The Bertz CT molecular complexity index is 703. The van der Waals surface area contributed by atoms with Gasteiger partial charge < -0.3 is 15.3 Å². The van der Waals surface area contributed by atoms with Crippen molar-refractivity contribution < 1.29 is 14.7 Å². The molecular formula is C18H23N3O3S. The molecule has 2 rings (SSSR count). The molecule has 0 saturated carbocycles. The largest absolute Gasteiger partial charge is 0.481 e. The Hall–Kier alpha value is -2.41. The average molecular weight is 361 g/mol. The van der Waals surface area contributed by atoms with Gasteiger partial charge in [-0.3, -0.25) is 4.79 Å². The molecule has 0 fully saturated rings. The van der Waals surface area contributed by atoms with Crippen LogP contribution in [0.25, 0.3) is 0 Å². The van der Waals surface area contributed by atoms with E-state index >= 15 is 0 Å². The summed E-state index contributed by atoms with van der Waals surface area (Å²) < 4.78 is 0. The van der Waals surface area contributed by atoms with Gasteiger partial charge in [-0.2, -0.15) is 0 Å². The lowest BCUT2D eigenvalue weighted by molar-refractivity contribution is -0.137. The number of carboxylic acid groups (broad SMARTS) is 1. The van der Waals surface area contributed by atoms with E-state index in [9.17, 15) is 9.59 Å². The number of nitrogens with one attached hydrogen (secondary N) is 1. The van der Waals surface area contributed by atoms with E-state index in [1.165, 1.54) is 11.3 Å². The number of benzene rings is 1. The molecule has 134 valence electrons. The van der Waals surface area contributed by atoms with Crippen LogP contribution in [-0.2, 0) is 17.8 Å². The number of nitrogens with zero attached hydrogens (tertiary/aromatic N) is 2. The molecule has 0 bridgehead atoms. The topological polar surface area (TPSA) is 82.5 Å². The zero-order valence-corrected chi connectivity index (χ0v) is 15.3. The van der Waals surface area contributed by atoms with E-state index in [1.54, 1.807) is 17.5 Å². The highest BCUT2D eigenvalue weighted by atomic mass is 32.1. The predicted octanol–water partition coefficient (Wildman–Crippen LogP) is 3.07. The summed E-state index contributed by atoms with van der Waals surface area (Å²) in [5, 5.41) is 11.9. The summed E-state index contributed by atoms with van der Waals surface area (Å²) in [6.07, 6.45) is 1.02. The molecule has 1 aromatic heterocycles. The van der Waals surface area contributed by atoms with Crippen LogP contribution in [0.15, 0.2) is 35.8 Å². The van der Waals surface area contributed by atoms with Gasteiger partial charge in [0, 0.05) is 24.4 Å². The Labute approximate surface area is 151 Å². The van der Waals surface area contributed by atoms with E-state index in [0.717, 1.165) is 16.1 Å². The number of aromatic nitrogens is 1. The monoisotopic (exact) mass is 361 g/mol. The predicted molar refractivity (Wildman–Crippen MR) is 97.7 cm³/mol. The van der Waals surface area contributed by atoms with E-state index < -0.39 is 5.97 Å². The van der Waals surface area contributed by atoms with Crippen molar-refractivity contribution in [1.29, 1.82) is 0 Å². The van der Waals surface area contributed by atoms with Gasteiger partial charge in [0.1, 0.15) is 0 Å². The maximum absolute atomic E-state index is 12.5. The lowest BCUT2D eigenvalue weighted by Crippen LogP contribution is -2.44. The number of carbonyl (C=O) groups excluding carboxylic acids is 1. The summed E-state index contributed by atoms with van der Waals surface area (Å²) in [4.78, 5) is 30.2. The third-order valence-electron chi connectivity index (χ3n) is 3.93. The van der Waals surface area contributed by atoms with Gasteiger partial charge in [0.25, 0.3) is 0 Å². The van der Waals surface area contributed by atoms with Crippen LogP contribution in [0.5, 0.6) is 0 Å². The van der Waals surface area contributed by atoms with Crippen molar-refractivity contribution in [3.05, 3.63) is 52.0 Å². The summed E-state index contributed by atoms with van der Waals surface area (Å²) in [7, 11) is 1.73. The van der Waals surface area contributed by atoms with Crippen LogP contribution in [0.3, 0.4) is 0 Å². The molecule has 1 unspecified atom stereocenters. The number of amides is 2. The van der Waals surface area contributed by atoms with Crippen LogP contribution in [0.1, 0.15) is 29.0 Å². The summed E-state index contributed by atoms with van der Waals surface area (Å²) >= 11 is 1.52. The molecule has 6 nitrogen and oxygen atoms in total. The van der Waals surface area contributed by atoms with Crippen LogP contribution < -0.4 is 5.32 Å². The molecule has 1 heterocycles. The Morgan fingerprint density at radius 2 is 2.04 bits per heavy atom. The van der Waals surface area contributed by atoms with Gasteiger partial charge in [0.05, 0.1) is 17.7 Å². The number of carbonyl (C=O) groups is 2. The maximum atomic E-state index is 12.5. The number of carboxylic acids is 1. The molecule has 0 radical (unpaired) electrons. The lowest BCUT2D eigenvalue weighted by Gasteiger charge is -2.23. The second-order valence-corrected chi connectivity index (χ2v) is 6.92. The van der Waals surface area contributed by atoms with E-state index in [-0.39, 0.29) is 18.5 Å². The minimum Gasteiger partial charge on any atom is -0.481 e. The van der Waals surface area contributed by atoms with Crippen molar-refractivity contribution in [1.82, 2.24) is 15.2 Å². The maximum Gasteiger partial charge on any atom is 0.317 e. The van der Waals surface area contributed by atoms with Crippen molar-refractivity contribution in [3.8, 4) is 0 Å². The number of aliphatic carboxylic acids is 1. The third-order valence-corrected chi connectivity index (χ3v) is 4.85. The summed E-state index contributed by atoms with van der Waals surface area (Å²) in [6.45, 7) is 2.40. The molecule has 7 heteroatoms. The molecule has 0 aliphatic carbocycles. The molecular weight excluding hydrogens is 338 g/mol. The molecule has 0 aliphatic heterocycles. The Morgan fingerprint density at radius 1 is 1.32 bits per heavy atom. The lowest BCUT2D eigenvalue weighted by atomic mass is 10.0. The highest BCUT2D eigenvalue weighted by molar-refractivity contribution is 7.09. The Kier molecular flexibility index (Phi) is 6.94. The summed E-state index contributed by atoms with van der Waals surface area (Å²) in [5.74, 6) is -0.860. The van der Waals surface area contributed by atoms with Gasteiger partial charge in [0.15, 0.2) is 0 Å². The van der Waals surface area contributed by atoms with Crippen LogP contribution >= 0.6 is 11.3 Å². The zero-order chi connectivity index (χ0) is 18.2. The minimum absolute atomic E-state index is 0.0233. The minimum atomic E-state index is -0.860. The summed E-state index contributed by atoms with van der Waals surface area (Å²) in [5.41, 5.74) is 3.76. The highest BCUT2D eigenvalue weighted by Gasteiger charge is 2.18. The SMILES string of the molecule is Cc1ncsc1CN(C)C(=O)NC(CCC(=O)O)Cc1ccccc1. The first-order valence-corrected chi connectivity index (χ1v) is 9.00. The number of aryl methyl sites for hydroxylation is 1. The second kappa shape index (κ2) is 9.17. The highest BCUT2D eigenvalue weighted by Crippen LogP contribution is 2.15. The molecule has 2 aromatic rings. The van der Waals surface area contributed by atoms with Crippen LogP contribution in [0, 0.1) is 6.92 Å². The number of hydrogen-bond acceptors (Lipinski definition) is 4. The number of hydrogen-bond donors (Lipinski definition) is 2. The molecule has 1 aromatic carbocycles. The van der Waals surface area contributed by atoms with Crippen molar-refractivity contribution in [2.75, 3.05) is 7.05 Å². The van der Waals surface area contributed by atoms with Gasteiger partial charge in [0.2, 0.25) is 0 Å². The standard InChI is InChI=1S/C18H23N3O3S/c1-13-16(25-12-19-13)11-21(2)18(24)20-15(8-9-17(22)23)10-14-6-4-3-5-7-14/h3-7,12,15H,8-11H2,1-2H3,(H,20,24)(H,22,23). The van der Waals surface area contributed by atoms with E-state index in [4.69, 9.17) is 5.11 Å². The number of urea groups is 1. The molecule has 2 amide bonds. The first kappa shape index (κ1) is 18.9. The fourth-order valence-electron chi connectivity index (χ4n) is 2.47. The van der Waals surface area contributed by atoms with Crippen LogP contribution in [-0.4, -0.2) is 40.1 Å². The van der Waals surface area contributed by atoms with Crippen LogP contribution in [0.2, 0.25) is 0 Å². The van der Waals surface area contributed by atoms with Gasteiger partial charge >= 0.3 is 12.0 Å². The smallest absolute Gasteiger partial charge is 0.317 e.